The van der Waals surface area contributed by atoms with Crippen molar-refractivity contribution in [3.63, 3.8) is 0 Å². The maximum absolute atomic E-state index is 6.40. The molecule has 0 spiro atoms. The summed E-state index contributed by atoms with van der Waals surface area (Å²) in [5.74, 6) is 0.468. The van der Waals surface area contributed by atoms with Crippen LogP contribution < -0.4 is 0 Å². The Labute approximate surface area is 156 Å². The van der Waals surface area contributed by atoms with E-state index in [1.807, 2.05) is 36.4 Å². The number of fused-ring (bicyclic) bond motifs is 1. The van der Waals surface area contributed by atoms with Gasteiger partial charge in [0.05, 0.1) is 11.8 Å². The van der Waals surface area contributed by atoms with Crippen LogP contribution in [0.15, 0.2) is 51.9 Å². The molecular formula is C16H10BrCl2N5. The Hall–Kier alpha value is -1.76. The van der Waals surface area contributed by atoms with Crippen molar-refractivity contribution in [3.8, 4) is 0 Å². The van der Waals surface area contributed by atoms with Crippen LogP contribution in [0, 0.1) is 0 Å². The molecule has 1 aliphatic heterocycles. The standard InChI is InChI=1S/C16H10BrCl2N5/c17-10-3-1-9(2-4-10)14-8-15(24-16(20-14)21-22-23-24)12-6-5-11(18)7-13(12)19/h1-7,15H,8H2. The molecule has 0 saturated heterocycles. The lowest BCUT2D eigenvalue weighted by atomic mass is 9.96. The third-order valence-corrected chi connectivity index (χ3v) is 4.98. The lowest BCUT2D eigenvalue weighted by molar-refractivity contribution is 0.515. The van der Waals surface area contributed by atoms with Crippen LogP contribution in [0.4, 0.5) is 5.95 Å². The fraction of sp³-hybridized carbons (Fsp3) is 0.125. The number of aliphatic imine (C=N–C) groups is 1. The largest absolute Gasteiger partial charge is 0.269 e. The number of tetrazole rings is 1. The van der Waals surface area contributed by atoms with Gasteiger partial charge in [-0.3, -0.25) is 0 Å². The highest BCUT2D eigenvalue weighted by molar-refractivity contribution is 9.10. The molecule has 4 rings (SSSR count). The molecule has 0 fully saturated rings. The van der Waals surface area contributed by atoms with Gasteiger partial charge in [-0.15, -0.1) is 0 Å². The number of hydrogen-bond acceptors (Lipinski definition) is 4. The number of aromatic nitrogens is 4. The maximum Gasteiger partial charge on any atom is 0.269 e. The summed E-state index contributed by atoms with van der Waals surface area (Å²) in [6.45, 7) is 0. The van der Waals surface area contributed by atoms with Crippen LogP contribution in [0.2, 0.25) is 10.0 Å². The molecule has 0 radical (unpaired) electrons. The summed E-state index contributed by atoms with van der Waals surface area (Å²) in [6, 6.07) is 13.3. The average molecular weight is 423 g/mol. The molecule has 0 aliphatic carbocycles. The van der Waals surface area contributed by atoms with Gasteiger partial charge in [-0.2, -0.15) is 0 Å². The molecule has 5 nitrogen and oxygen atoms in total. The van der Waals surface area contributed by atoms with E-state index in [1.54, 1.807) is 10.7 Å². The van der Waals surface area contributed by atoms with Crippen LogP contribution in [0.25, 0.3) is 0 Å². The van der Waals surface area contributed by atoms with Crippen molar-refractivity contribution in [2.75, 3.05) is 0 Å². The van der Waals surface area contributed by atoms with Crippen molar-refractivity contribution in [3.05, 3.63) is 68.1 Å². The number of benzene rings is 2. The normalized spacial score (nSPS) is 16.6. The topological polar surface area (TPSA) is 56.0 Å². The van der Waals surface area contributed by atoms with Gasteiger partial charge < -0.3 is 0 Å². The average Bonchev–Trinajstić information content (AvgIpc) is 3.03. The quantitative estimate of drug-likeness (QED) is 0.592. The predicted octanol–water partition coefficient (Wildman–Crippen LogP) is 4.86. The van der Waals surface area contributed by atoms with Gasteiger partial charge >= 0.3 is 0 Å². The van der Waals surface area contributed by atoms with Crippen molar-refractivity contribution >= 4 is 50.8 Å². The van der Waals surface area contributed by atoms with Crippen LogP contribution in [-0.4, -0.2) is 25.9 Å². The molecule has 2 heterocycles. The Balaban J connectivity index is 1.80. The van der Waals surface area contributed by atoms with E-state index in [9.17, 15) is 0 Å². The molecule has 0 N–H and O–H groups in total. The zero-order valence-electron chi connectivity index (χ0n) is 12.2. The first kappa shape index (κ1) is 15.7. The lowest BCUT2D eigenvalue weighted by Crippen LogP contribution is -2.21. The molecule has 1 aliphatic rings. The van der Waals surface area contributed by atoms with E-state index in [1.165, 1.54) is 0 Å². The number of rotatable bonds is 2. The van der Waals surface area contributed by atoms with E-state index in [2.05, 4.69) is 36.4 Å². The Kier molecular flexibility index (Phi) is 4.12. The first-order valence-electron chi connectivity index (χ1n) is 7.18. The first-order chi connectivity index (χ1) is 11.6. The van der Waals surface area contributed by atoms with Crippen molar-refractivity contribution in [2.45, 2.75) is 12.5 Å². The summed E-state index contributed by atoms with van der Waals surface area (Å²) >= 11 is 15.9. The molecule has 3 aromatic rings. The minimum atomic E-state index is -0.129. The molecule has 1 aromatic heterocycles. The van der Waals surface area contributed by atoms with Gasteiger partial charge in [0.25, 0.3) is 5.95 Å². The summed E-state index contributed by atoms with van der Waals surface area (Å²) in [4.78, 5) is 4.59. The van der Waals surface area contributed by atoms with Crippen LogP contribution in [-0.2, 0) is 0 Å². The van der Waals surface area contributed by atoms with Crippen LogP contribution >= 0.6 is 39.1 Å². The number of nitrogens with zero attached hydrogens (tertiary/aromatic N) is 5. The second kappa shape index (κ2) is 6.27. The maximum atomic E-state index is 6.40. The van der Waals surface area contributed by atoms with Crippen LogP contribution in [0.3, 0.4) is 0 Å². The fourth-order valence-corrected chi connectivity index (χ4v) is 3.54. The Bertz CT molecular complexity index is 936. The van der Waals surface area contributed by atoms with E-state index in [-0.39, 0.29) is 6.04 Å². The molecule has 120 valence electrons. The van der Waals surface area contributed by atoms with E-state index < -0.39 is 0 Å². The van der Waals surface area contributed by atoms with Crippen LogP contribution in [0.1, 0.15) is 23.6 Å². The highest BCUT2D eigenvalue weighted by Crippen LogP contribution is 2.36. The van der Waals surface area contributed by atoms with Gasteiger partial charge in [0, 0.05) is 20.9 Å². The SMILES string of the molecule is Clc1ccc(C2CC(c3ccc(Br)cc3)=Nc3nnnn32)c(Cl)c1. The summed E-state index contributed by atoms with van der Waals surface area (Å²) in [6.07, 6.45) is 0.640. The number of halogens is 3. The van der Waals surface area contributed by atoms with E-state index in [4.69, 9.17) is 23.2 Å². The lowest BCUT2D eigenvalue weighted by Gasteiger charge is -2.23. The summed E-state index contributed by atoms with van der Waals surface area (Å²) in [7, 11) is 0. The number of hydrogen-bond donors (Lipinski definition) is 0. The molecule has 1 unspecified atom stereocenters. The Morgan fingerprint density at radius 2 is 1.88 bits per heavy atom. The highest BCUT2D eigenvalue weighted by atomic mass is 79.9. The van der Waals surface area contributed by atoms with E-state index >= 15 is 0 Å². The molecule has 24 heavy (non-hydrogen) atoms. The van der Waals surface area contributed by atoms with Crippen molar-refractivity contribution < 1.29 is 0 Å². The van der Waals surface area contributed by atoms with E-state index in [0.717, 1.165) is 21.3 Å². The second-order valence-electron chi connectivity index (χ2n) is 5.37. The summed E-state index contributed by atoms with van der Waals surface area (Å²) < 4.78 is 2.71. The highest BCUT2D eigenvalue weighted by Gasteiger charge is 2.28. The smallest absolute Gasteiger partial charge is 0.214 e. The molecule has 1 atom stereocenters. The monoisotopic (exact) mass is 421 g/mol. The molecule has 0 saturated carbocycles. The van der Waals surface area contributed by atoms with Crippen molar-refractivity contribution in [2.24, 2.45) is 4.99 Å². The van der Waals surface area contributed by atoms with Crippen molar-refractivity contribution in [1.29, 1.82) is 0 Å². The first-order valence-corrected chi connectivity index (χ1v) is 8.73. The second-order valence-corrected chi connectivity index (χ2v) is 7.13. The van der Waals surface area contributed by atoms with Gasteiger partial charge in [-0.25, -0.2) is 9.67 Å². The molecular weight excluding hydrogens is 413 g/mol. The molecule has 2 aromatic carbocycles. The predicted molar refractivity (Wildman–Crippen MR) is 97.4 cm³/mol. The minimum Gasteiger partial charge on any atom is -0.214 e. The third-order valence-electron chi connectivity index (χ3n) is 3.89. The fourth-order valence-electron chi connectivity index (χ4n) is 2.74. The zero-order chi connectivity index (χ0) is 16.7. The summed E-state index contributed by atoms with van der Waals surface area (Å²) in [5.41, 5.74) is 2.86. The summed E-state index contributed by atoms with van der Waals surface area (Å²) in [5, 5.41) is 13.0. The molecule has 0 amide bonds. The van der Waals surface area contributed by atoms with E-state index in [0.29, 0.717) is 22.4 Å². The van der Waals surface area contributed by atoms with Crippen LogP contribution in [0.5, 0.6) is 0 Å². The Morgan fingerprint density at radius 3 is 2.62 bits per heavy atom. The Morgan fingerprint density at radius 1 is 1.08 bits per heavy atom. The minimum absolute atomic E-state index is 0.129. The molecule has 8 heteroatoms. The molecule has 0 bridgehead atoms. The van der Waals surface area contributed by atoms with Gasteiger partial charge in [0.1, 0.15) is 0 Å². The van der Waals surface area contributed by atoms with Gasteiger partial charge in [-0.05, 0) is 45.8 Å². The van der Waals surface area contributed by atoms with Gasteiger partial charge in [0.15, 0.2) is 0 Å². The van der Waals surface area contributed by atoms with Gasteiger partial charge in [0.2, 0.25) is 0 Å². The zero-order valence-corrected chi connectivity index (χ0v) is 15.3. The third kappa shape index (κ3) is 2.85. The van der Waals surface area contributed by atoms with Crippen molar-refractivity contribution in [1.82, 2.24) is 20.2 Å². The van der Waals surface area contributed by atoms with Gasteiger partial charge in [-0.1, -0.05) is 62.4 Å².